The number of carboxylic acids is 1. The van der Waals surface area contributed by atoms with Crippen LogP contribution >= 0.6 is 0 Å². The molecule has 0 aromatic carbocycles. The Morgan fingerprint density at radius 2 is 1.69 bits per heavy atom. The van der Waals surface area contributed by atoms with Gasteiger partial charge in [-0.25, -0.2) is 0 Å². The maximum atomic E-state index is 13.7. The van der Waals surface area contributed by atoms with E-state index in [1.165, 1.54) is 0 Å². The Morgan fingerprint density at radius 1 is 1.03 bits per heavy atom. The van der Waals surface area contributed by atoms with E-state index in [2.05, 4.69) is 20.8 Å². The molecule has 4 heteroatoms. The van der Waals surface area contributed by atoms with Gasteiger partial charge in [0.25, 0.3) is 0 Å². The van der Waals surface area contributed by atoms with Crippen LogP contribution in [0.1, 0.15) is 80.1 Å². The van der Waals surface area contributed by atoms with Crippen molar-refractivity contribution in [3.8, 4) is 0 Å². The fraction of sp³-hybridized carbons (Fsp3) is 0.800. The molecular weight excluding hydrogens is 364 g/mol. The predicted octanol–water partition coefficient (Wildman–Crippen LogP) is 5.06. The van der Waals surface area contributed by atoms with E-state index in [0.717, 1.165) is 37.7 Å². The molecule has 160 valence electrons. The number of aliphatic carboxylic acids is 1. The number of carbonyl (C=O) groups excluding carboxylic acids is 2. The molecule has 0 aromatic rings. The lowest BCUT2D eigenvalue weighted by molar-refractivity contribution is -0.166. The molecule has 0 aliphatic heterocycles. The Kier molecular flexibility index (Phi) is 4.34. The van der Waals surface area contributed by atoms with Crippen molar-refractivity contribution in [1.82, 2.24) is 0 Å². The Balaban J connectivity index is 1.82. The molecule has 0 amide bonds. The molecule has 7 atom stereocenters. The van der Waals surface area contributed by atoms with E-state index in [9.17, 15) is 19.5 Å². The van der Waals surface area contributed by atoms with Crippen LogP contribution in [0.15, 0.2) is 11.6 Å². The van der Waals surface area contributed by atoms with Crippen LogP contribution in [0.2, 0.25) is 0 Å². The second kappa shape index (κ2) is 6.04. The molecule has 4 aliphatic carbocycles. The molecule has 4 aliphatic rings. The number of allylic oxidation sites excluding steroid dienone is 2. The Hall–Kier alpha value is -1.45. The van der Waals surface area contributed by atoms with Gasteiger partial charge >= 0.3 is 5.97 Å². The number of carboxylic acid groups (broad SMARTS) is 1. The highest BCUT2D eigenvalue weighted by Gasteiger charge is 2.69. The minimum atomic E-state index is -0.724. The molecule has 1 N–H and O–H groups in total. The lowest BCUT2D eigenvalue weighted by atomic mass is 9.39. The van der Waals surface area contributed by atoms with Gasteiger partial charge in [0.2, 0.25) is 0 Å². The highest BCUT2D eigenvalue weighted by molar-refractivity contribution is 5.98. The monoisotopic (exact) mass is 400 g/mol. The van der Waals surface area contributed by atoms with Gasteiger partial charge in [0.05, 0.1) is 5.92 Å². The molecule has 4 nitrogen and oxygen atoms in total. The zero-order valence-corrected chi connectivity index (χ0v) is 18.8. The number of Topliss-reactive ketones (excluding diaryl/α,β-unsaturated/α-hetero) is 1. The average molecular weight is 401 g/mol. The van der Waals surface area contributed by atoms with Crippen molar-refractivity contribution < 1.29 is 19.5 Å². The van der Waals surface area contributed by atoms with Gasteiger partial charge in [-0.15, -0.1) is 0 Å². The fourth-order valence-electron chi connectivity index (χ4n) is 8.36. The van der Waals surface area contributed by atoms with Crippen LogP contribution in [0, 0.1) is 45.3 Å². The summed E-state index contributed by atoms with van der Waals surface area (Å²) in [6.45, 7) is 12.6. The highest BCUT2D eigenvalue weighted by atomic mass is 16.4. The second-order valence-electron chi connectivity index (χ2n) is 11.7. The third kappa shape index (κ3) is 2.41. The molecule has 0 spiro atoms. The topological polar surface area (TPSA) is 71.4 Å². The molecule has 0 radical (unpaired) electrons. The maximum absolute atomic E-state index is 13.7. The van der Waals surface area contributed by atoms with Gasteiger partial charge < -0.3 is 5.11 Å². The minimum Gasteiger partial charge on any atom is -0.481 e. The summed E-state index contributed by atoms with van der Waals surface area (Å²) in [6, 6.07) is 0. The van der Waals surface area contributed by atoms with E-state index >= 15 is 0 Å². The van der Waals surface area contributed by atoms with Gasteiger partial charge in [-0.3, -0.25) is 14.4 Å². The summed E-state index contributed by atoms with van der Waals surface area (Å²) < 4.78 is 0. The van der Waals surface area contributed by atoms with E-state index in [4.69, 9.17) is 0 Å². The zero-order valence-electron chi connectivity index (χ0n) is 18.8. The second-order valence-corrected chi connectivity index (χ2v) is 11.7. The number of ketones is 2. The molecule has 0 saturated heterocycles. The smallest absolute Gasteiger partial charge is 0.306 e. The van der Waals surface area contributed by atoms with Crippen LogP contribution in [0.5, 0.6) is 0 Å². The molecule has 29 heavy (non-hydrogen) atoms. The van der Waals surface area contributed by atoms with Crippen molar-refractivity contribution in [2.24, 2.45) is 45.3 Å². The number of rotatable bonds is 2. The first-order valence-electron chi connectivity index (χ1n) is 11.3. The third-order valence-electron chi connectivity index (χ3n) is 10.4. The van der Waals surface area contributed by atoms with Crippen molar-refractivity contribution in [3.05, 3.63) is 11.6 Å². The van der Waals surface area contributed by atoms with Crippen molar-refractivity contribution in [2.75, 3.05) is 0 Å². The Bertz CT molecular complexity index is 823. The largest absolute Gasteiger partial charge is 0.481 e. The van der Waals surface area contributed by atoms with E-state index in [1.54, 1.807) is 0 Å². The number of hydrogen-bond acceptors (Lipinski definition) is 3. The van der Waals surface area contributed by atoms with Gasteiger partial charge in [0, 0.05) is 17.8 Å². The van der Waals surface area contributed by atoms with E-state index in [0.29, 0.717) is 6.42 Å². The number of hydrogen-bond donors (Lipinski definition) is 1. The fourth-order valence-corrected chi connectivity index (χ4v) is 8.36. The van der Waals surface area contributed by atoms with Crippen molar-refractivity contribution >= 4 is 17.5 Å². The molecule has 0 heterocycles. The SMILES string of the molecule is C[C@@H](C(=O)O)[C@H]1CC[C@@]2(C)[C@@H]3C(=O)C=C4[C@@H](CCC(=O)C4(C)C)[C@]3(C)CC[C@]12C. The van der Waals surface area contributed by atoms with Gasteiger partial charge in [-0.1, -0.05) is 27.7 Å². The standard InChI is InChI=1S/C25H36O4/c1-14(21(28)29)15-9-10-25(6)20-18(26)13-17-16(7-8-19(27)22(17,2)3)23(20,4)11-12-24(15,25)5/h13-16,20H,7-12H2,1-6H3,(H,28,29)/t14-,15-,16-,20-,23+,24-,25+/m1/s1. The molecule has 4 rings (SSSR count). The van der Waals surface area contributed by atoms with Crippen LogP contribution < -0.4 is 0 Å². The molecule has 3 fully saturated rings. The first-order valence-corrected chi connectivity index (χ1v) is 11.3. The Morgan fingerprint density at radius 3 is 2.31 bits per heavy atom. The van der Waals surface area contributed by atoms with Gasteiger partial charge in [0.1, 0.15) is 5.78 Å². The quantitative estimate of drug-likeness (QED) is 0.703. The van der Waals surface area contributed by atoms with Crippen molar-refractivity contribution in [3.63, 3.8) is 0 Å². The summed E-state index contributed by atoms with van der Waals surface area (Å²) in [7, 11) is 0. The van der Waals surface area contributed by atoms with E-state index < -0.39 is 11.4 Å². The van der Waals surface area contributed by atoms with Gasteiger partial charge in [-0.2, -0.15) is 0 Å². The maximum Gasteiger partial charge on any atom is 0.306 e. The van der Waals surface area contributed by atoms with Crippen LogP contribution in [0.3, 0.4) is 0 Å². The molecular formula is C25H36O4. The number of fused-ring (bicyclic) bond motifs is 5. The minimum absolute atomic E-state index is 0.0857. The molecule has 0 bridgehead atoms. The summed E-state index contributed by atoms with van der Waals surface area (Å²) in [5, 5.41) is 9.69. The third-order valence-corrected chi connectivity index (χ3v) is 10.4. The Labute approximate surface area is 174 Å². The first kappa shape index (κ1) is 20.8. The average Bonchev–Trinajstić information content (AvgIpc) is 2.89. The summed E-state index contributed by atoms with van der Waals surface area (Å²) in [5.41, 5.74) is 0.0202. The van der Waals surface area contributed by atoms with E-state index in [-0.39, 0.29) is 51.5 Å². The lowest BCUT2D eigenvalue weighted by Gasteiger charge is -2.64. The van der Waals surface area contributed by atoms with Crippen LogP contribution in [-0.2, 0) is 14.4 Å². The predicted molar refractivity (Wildman–Crippen MR) is 111 cm³/mol. The van der Waals surface area contributed by atoms with Crippen molar-refractivity contribution in [2.45, 2.75) is 80.1 Å². The van der Waals surface area contributed by atoms with Gasteiger partial charge in [0.15, 0.2) is 5.78 Å². The molecule has 0 aromatic heterocycles. The highest BCUT2D eigenvalue weighted by Crippen LogP contribution is 2.74. The first-order chi connectivity index (χ1) is 13.3. The molecule has 3 saturated carbocycles. The zero-order chi connectivity index (χ0) is 21.6. The summed E-state index contributed by atoms with van der Waals surface area (Å²) in [5.74, 6) is -0.387. The summed E-state index contributed by atoms with van der Waals surface area (Å²) in [6.07, 6.45) is 6.96. The van der Waals surface area contributed by atoms with Crippen LogP contribution in [0.25, 0.3) is 0 Å². The van der Waals surface area contributed by atoms with Crippen molar-refractivity contribution in [1.29, 1.82) is 0 Å². The number of carbonyl (C=O) groups is 3. The van der Waals surface area contributed by atoms with Crippen LogP contribution in [0.4, 0.5) is 0 Å². The summed E-state index contributed by atoms with van der Waals surface area (Å²) >= 11 is 0. The summed E-state index contributed by atoms with van der Waals surface area (Å²) in [4.78, 5) is 38.1. The van der Waals surface area contributed by atoms with E-state index in [1.807, 2.05) is 26.8 Å². The lowest BCUT2D eigenvalue weighted by Crippen LogP contribution is -2.61. The normalized spacial score (nSPS) is 47.0. The van der Waals surface area contributed by atoms with Crippen LogP contribution in [-0.4, -0.2) is 22.6 Å². The van der Waals surface area contributed by atoms with Gasteiger partial charge in [-0.05, 0) is 85.7 Å². The molecule has 0 unspecified atom stereocenters.